The quantitative estimate of drug-likeness (QED) is 0.741. The zero-order chi connectivity index (χ0) is 9.42. The molecule has 0 atom stereocenters. The fourth-order valence-corrected chi connectivity index (χ4v) is 1.41. The highest BCUT2D eigenvalue weighted by Crippen LogP contribution is 2.38. The molecule has 1 saturated carbocycles. The van der Waals surface area contributed by atoms with E-state index in [0.717, 1.165) is 24.4 Å². The number of rotatable bonds is 3. The predicted octanol–water partition coefficient (Wildman–Crippen LogP) is 1.55. The topological polar surface area (TPSA) is 66.0 Å². The summed E-state index contributed by atoms with van der Waals surface area (Å²) in [7, 11) is 0. The van der Waals surface area contributed by atoms with Crippen LogP contribution in [0.15, 0.2) is 0 Å². The summed E-state index contributed by atoms with van der Waals surface area (Å²) in [4.78, 5) is 17.9. The Labute approximate surface area is 76.0 Å². The number of carboxylic acids is 1. The van der Waals surface area contributed by atoms with Crippen molar-refractivity contribution < 1.29 is 9.90 Å². The summed E-state index contributed by atoms with van der Waals surface area (Å²) in [5.41, 5.74) is 0.943. The van der Waals surface area contributed by atoms with Gasteiger partial charge in [-0.1, -0.05) is 6.92 Å². The SMILES string of the molecule is CCc1[nH]c(C2CC2)nc1C(=O)O. The average molecular weight is 180 g/mol. The summed E-state index contributed by atoms with van der Waals surface area (Å²) in [5.74, 6) is 0.410. The van der Waals surface area contributed by atoms with Crippen LogP contribution in [0.25, 0.3) is 0 Å². The van der Waals surface area contributed by atoms with Crippen molar-refractivity contribution in [2.75, 3.05) is 0 Å². The Hall–Kier alpha value is -1.32. The van der Waals surface area contributed by atoms with Gasteiger partial charge in [0.2, 0.25) is 0 Å². The number of imidazole rings is 1. The molecule has 4 nitrogen and oxygen atoms in total. The lowest BCUT2D eigenvalue weighted by molar-refractivity contribution is 0.0689. The largest absolute Gasteiger partial charge is 0.476 e. The molecule has 1 aliphatic rings. The van der Waals surface area contributed by atoms with E-state index in [4.69, 9.17) is 5.11 Å². The maximum Gasteiger partial charge on any atom is 0.356 e. The van der Waals surface area contributed by atoms with Gasteiger partial charge in [0, 0.05) is 11.6 Å². The summed E-state index contributed by atoms with van der Waals surface area (Å²) >= 11 is 0. The highest BCUT2D eigenvalue weighted by molar-refractivity contribution is 5.86. The van der Waals surface area contributed by atoms with Crippen molar-refractivity contribution in [3.8, 4) is 0 Å². The minimum atomic E-state index is -0.931. The molecule has 0 aliphatic heterocycles. The number of nitrogens with one attached hydrogen (secondary N) is 1. The van der Waals surface area contributed by atoms with Gasteiger partial charge < -0.3 is 10.1 Å². The van der Waals surface area contributed by atoms with Crippen LogP contribution >= 0.6 is 0 Å². The number of carboxylic acid groups (broad SMARTS) is 1. The monoisotopic (exact) mass is 180 g/mol. The molecule has 1 heterocycles. The van der Waals surface area contributed by atoms with Gasteiger partial charge in [-0.2, -0.15) is 0 Å². The highest BCUT2D eigenvalue weighted by Gasteiger charge is 2.28. The Morgan fingerprint density at radius 3 is 2.77 bits per heavy atom. The van der Waals surface area contributed by atoms with Crippen molar-refractivity contribution in [1.82, 2.24) is 9.97 Å². The Balaban J connectivity index is 2.36. The fraction of sp³-hybridized carbons (Fsp3) is 0.556. The Morgan fingerprint density at radius 1 is 1.69 bits per heavy atom. The molecule has 0 unspecified atom stereocenters. The van der Waals surface area contributed by atoms with Crippen LogP contribution in [0.1, 0.15) is 47.7 Å². The van der Waals surface area contributed by atoms with Gasteiger partial charge in [0.05, 0.1) is 0 Å². The van der Waals surface area contributed by atoms with Crippen LogP contribution < -0.4 is 0 Å². The molecule has 2 rings (SSSR count). The maximum atomic E-state index is 10.8. The van der Waals surface area contributed by atoms with Crippen molar-refractivity contribution in [2.45, 2.75) is 32.1 Å². The molecule has 1 fully saturated rings. The molecule has 0 amide bonds. The van der Waals surface area contributed by atoms with E-state index in [2.05, 4.69) is 9.97 Å². The van der Waals surface area contributed by atoms with E-state index < -0.39 is 5.97 Å². The fourth-order valence-electron chi connectivity index (χ4n) is 1.41. The number of nitrogens with zero attached hydrogens (tertiary/aromatic N) is 1. The third kappa shape index (κ3) is 1.43. The summed E-state index contributed by atoms with van der Waals surface area (Å²) in [5, 5.41) is 8.83. The van der Waals surface area contributed by atoms with E-state index in [0.29, 0.717) is 12.3 Å². The van der Waals surface area contributed by atoms with Gasteiger partial charge in [0.25, 0.3) is 0 Å². The van der Waals surface area contributed by atoms with Gasteiger partial charge in [0.1, 0.15) is 5.82 Å². The zero-order valence-corrected chi connectivity index (χ0v) is 7.50. The molecule has 0 bridgehead atoms. The van der Waals surface area contributed by atoms with Crippen LogP contribution in [-0.2, 0) is 6.42 Å². The second-order valence-corrected chi connectivity index (χ2v) is 3.38. The van der Waals surface area contributed by atoms with Crippen molar-refractivity contribution in [1.29, 1.82) is 0 Å². The molecule has 0 saturated heterocycles. The van der Waals surface area contributed by atoms with Gasteiger partial charge in [0.15, 0.2) is 5.69 Å². The van der Waals surface area contributed by atoms with Crippen LogP contribution in [0.4, 0.5) is 0 Å². The molecule has 1 aromatic heterocycles. The first-order valence-corrected chi connectivity index (χ1v) is 4.54. The van der Waals surface area contributed by atoms with Gasteiger partial charge in [-0.3, -0.25) is 0 Å². The number of hydrogen-bond acceptors (Lipinski definition) is 2. The van der Waals surface area contributed by atoms with Crippen LogP contribution in [0.3, 0.4) is 0 Å². The van der Waals surface area contributed by atoms with E-state index in [1.54, 1.807) is 0 Å². The summed E-state index contributed by atoms with van der Waals surface area (Å²) in [6.45, 7) is 1.93. The Morgan fingerprint density at radius 2 is 2.38 bits per heavy atom. The lowest BCUT2D eigenvalue weighted by Gasteiger charge is -1.90. The third-order valence-corrected chi connectivity index (χ3v) is 2.32. The third-order valence-electron chi connectivity index (χ3n) is 2.32. The number of carbonyl (C=O) groups is 1. The molecule has 70 valence electrons. The molecule has 4 heteroatoms. The minimum Gasteiger partial charge on any atom is -0.476 e. The molecule has 1 aliphatic carbocycles. The van der Waals surface area contributed by atoms with E-state index in [1.807, 2.05) is 6.92 Å². The van der Waals surface area contributed by atoms with Crippen LogP contribution in [0, 0.1) is 0 Å². The first-order chi connectivity index (χ1) is 6.22. The maximum absolute atomic E-state index is 10.8. The number of aromatic carboxylic acids is 1. The van der Waals surface area contributed by atoms with Crippen molar-refractivity contribution in [2.24, 2.45) is 0 Å². The van der Waals surface area contributed by atoms with E-state index >= 15 is 0 Å². The van der Waals surface area contributed by atoms with Gasteiger partial charge in [-0.05, 0) is 19.3 Å². The first-order valence-electron chi connectivity index (χ1n) is 4.54. The smallest absolute Gasteiger partial charge is 0.356 e. The number of hydrogen-bond donors (Lipinski definition) is 2. The average Bonchev–Trinajstić information content (AvgIpc) is 2.84. The van der Waals surface area contributed by atoms with Crippen molar-refractivity contribution >= 4 is 5.97 Å². The van der Waals surface area contributed by atoms with Gasteiger partial charge in [-0.25, -0.2) is 9.78 Å². The van der Waals surface area contributed by atoms with E-state index in [1.165, 1.54) is 0 Å². The standard InChI is InChI=1S/C9H12N2O2/c1-2-6-7(9(12)13)11-8(10-6)5-3-4-5/h5H,2-4H2,1H3,(H,10,11)(H,12,13). The molecule has 0 radical (unpaired) electrons. The lowest BCUT2D eigenvalue weighted by Crippen LogP contribution is -2.00. The molecule has 13 heavy (non-hydrogen) atoms. The normalized spacial score (nSPS) is 16.1. The molecule has 0 aromatic carbocycles. The Kier molecular flexibility index (Phi) is 1.83. The summed E-state index contributed by atoms with van der Waals surface area (Å²) in [6, 6.07) is 0. The number of H-pyrrole nitrogens is 1. The predicted molar refractivity (Wildman–Crippen MR) is 46.9 cm³/mol. The summed E-state index contributed by atoms with van der Waals surface area (Å²) in [6.07, 6.45) is 2.97. The minimum absolute atomic E-state index is 0.199. The summed E-state index contributed by atoms with van der Waals surface area (Å²) < 4.78 is 0. The highest BCUT2D eigenvalue weighted by atomic mass is 16.4. The molecule has 1 aromatic rings. The Bertz CT molecular complexity index is 339. The second-order valence-electron chi connectivity index (χ2n) is 3.38. The molecule has 2 N–H and O–H groups in total. The van der Waals surface area contributed by atoms with Crippen molar-refractivity contribution in [3.05, 3.63) is 17.2 Å². The molecular weight excluding hydrogens is 168 g/mol. The first kappa shape index (κ1) is 8.29. The zero-order valence-electron chi connectivity index (χ0n) is 7.50. The van der Waals surface area contributed by atoms with E-state index in [9.17, 15) is 4.79 Å². The number of aromatic nitrogens is 2. The van der Waals surface area contributed by atoms with Crippen molar-refractivity contribution in [3.63, 3.8) is 0 Å². The van der Waals surface area contributed by atoms with Gasteiger partial charge in [-0.15, -0.1) is 0 Å². The lowest BCUT2D eigenvalue weighted by atomic mass is 10.3. The van der Waals surface area contributed by atoms with Crippen LogP contribution in [-0.4, -0.2) is 21.0 Å². The van der Waals surface area contributed by atoms with E-state index in [-0.39, 0.29) is 5.69 Å². The molecular formula is C9H12N2O2. The van der Waals surface area contributed by atoms with Crippen LogP contribution in [0.2, 0.25) is 0 Å². The van der Waals surface area contributed by atoms with Gasteiger partial charge >= 0.3 is 5.97 Å². The number of aromatic amines is 1. The second kappa shape index (κ2) is 2.87. The molecule has 0 spiro atoms. The van der Waals surface area contributed by atoms with Crippen LogP contribution in [0.5, 0.6) is 0 Å². The number of aryl methyl sites for hydroxylation is 1.